The van der Waals surface area contributed by atoms with Crippen LogP contribution in [0.15, 0.2) is 48.0 Å². The van der Waals surface area contributed by atoms with Crippen molar-refractivity contribution in [3.63, 3.8) is 0 Å². The summed E-state index contributed by atoms with van der Waals surface area (Å²) in [6, 6.07) is 14.6. The van der Waals surface area contributed by atoms with Gasteiger partial charge in [0.15, 0.2) is 0 Å². The Kier molecular flexibility index (Phi) is 4.62. The first kappa shape index (κ1) is 17.6. The molecule has 2 heterocycles. The molecule has 0 fully saturated rings. The molecule has 2 aromatic heterocycles. The zero-order valence-corrected chi connectivity index (χ0v) is 16.5. The smallest absolute Gasteiger partial charge is 0.222 e. The topological polar surface area (TPSA) is 46.1 Å². The lowest BCUT2D eigenvalue weighted by Crippen LogP contribution is -2.21. The lowest BCUT2D eigenvalue weighted by Gasteiger charge is -2.11. The number of hydrogen-bond acceptors (Lipinski definition) is 4. The van der Waals surface area contributed by atoms with Crippen LogP contribution in [0.3, 0.4) is 0 Å². The van der Waals surface area contributed by atoms with Crippen LogP contribution in [0.1, 0.15) is 17.5 Å². The molecule has 4 aromatic rings. The zero-order chi connectivity index (χ0) is 19.0. The Morgan fingerprint density at radius 1 is 1.11 bits per heavy atom. The highest BCUT2D eigenvalue weighted by Crippen LogP contribution is 2.32. The maximum atomic E-state index is 11.8. The molecule has 0 radical (unpaired) electrons. The summed E-state index contributed by atoms with van der Waals surface area (Å²) in [7, 11) is 3.59. The minimum absolute atomic E-state index is 0.151. The van der Waals surface area contributed by atoms with E-state index in [0.29, 0.717) is 6.42 Å². The van der Waals surface area contributed by atoms with Gasteiger partial charge in [0.2, 0.25) is 5.91 Å². The molecule has 0 atom stereocenters. The highest BCUT2D eigenvalue weighted by molar-refractivity contribution is 7.17. The van der Waals surface area contributed by atoms with Gasteiger partial charge in [-0.3, -0.25) is 4.79 Å². The maximum Gasteiger partial charge on any atom is 0.222 e. The lowest BCUT2D eigenvalue weighted by atomic mass is 10.0. The summed E-state index contributed by atoms with van der Waals surface area (Å²) in [5, 5.41) is 1.14. The predicted octanol–water partition coefficient (Wildman–Crippen LogP) is 4.84. The molecule has 0 N–H and O–H groups in total. The van der Waals surface area contributed by atoms with Crippen molar-refractivity contribution in [1.29, 1.82) is 0 Å². The first-order chi connectivity index (χ1) is 13.0. The van der Waals surface area contributed by atoms with Crippen molar-refractivity contribution < 1.29 is 4.79 Å². The van der Waals surface area contributed by atoms with E-state index in [1.165, 1.54) is 15.8 Å². The molecule has 136 valence electrons. The van der Waals surface area contributed by atoms with E-state index in [2.05, 4.69) is 42.2 Å². The van der Waals surface area contributed by atoms with E-state index in [0.717, 1.165) is 34.1 Å². The third kappa shape index (κ3) is 3.43. The Bertz CT molecular complexity index is 1150. The summed E-state index contributed by atoms with van der Waals surface area (Å²) in [5.74, 6) is 0.151. The SMILES string of the molecule is Cc1cc(-c2cccc3ncsc23)nc2ccc(CCC(=O)N(C)C)cc12. The number of nitrogens with zero attached hydrogens (tertiary/aromatic N) is 3. The van der Waals surface area contributed by atoms with E-state index in [4.69, 9.17) is 4.98 Å². The van der Waals surface area contributed by atoms with E-state index in [-0.39, 0.29) is 5.91 Å². The summed E-state index contributed by atoms with van der Waals surface area (Å²) >= 11 is 1.65. The van der Waals surface area contributed by atoms with Gasteiger partial charge in [0.05, 0.1) is 26.9 Å². The van der Waals surface area contributed by atoms with Crippen molar-refractivity contribution in [2.24, 2.45) is 0 Å². The number of aromatic nitrogens is 2. The second-order valence-electron chi connectivity index (χ2n) is 6.97. The molecule has 2 aromatic carbocycles. The number of pyridine rings is 1. The number of thiazole rings is 1. The lowest BCUT2D eigenvalue weighted by molar-refractivity contribution is -0.128. The number of aryl methyl sites for hydroxylation is 2. The van der Waals surface area contributed by atoms with Gasteiger partial charge in [0.1, 0.15) is 0 Å². The van der Waals surface area contributed by atoms with Gasteiger partial charge in [-0.2, -0.15) is 0 Å². The number of hydrogen-bond donors (Lipinski definition) is 0. The molecule has 0 saturated carbocycles. The third-order valence-electron chi connectivity index (χ3n) is 4.84. The fourth-order valence-electron chi connectivity index (χ4n) is 3.30. The van der Waals surface area contributed by atoms with Crippen molar-refractivity contribution in [3.8, 4) is 11.3 Å². The monoisotopic (exact) mass is 375 g/mol. The quantitative estimate of drug-likeness (QED) is 0.513. The normalized spacial score (nSPS) is 11.2. The maximum absolute atomic E-state index is 11.8. The highest BCUT2D eigenvalue weighted by atomic mass is 32.1. The van der Waals surface area contributed by atoms with E-state index < -0.39 is 0 Å². The van der Waals surface area contributed by atoms with Crippen LogP contribution in [-0.2, 0) is 11.2 Å². The average molecular weight is 375 g/mol. The first-order valence-electron chi connectivity index (χ1n) is 8.96. The van der Waals surface area contributed by atoms with E-state index in [1.807, 2.05) is 17.6 Å². The average Bonchev–Trinajstić information content (AvgIpc) is 3.14. The summed E-state index contributed by atoms with van der Waals surface area (Å²) in [6.07, 6.45) is 1.27. The van der Waals surface area contributed by atoms with Crippen molar-refractivity contribution in [2.45, 2.75) is 19.8 Å². The fraction of sp³-hybridized carbons (Fsp3) is 0.227. The summed E-state index contributed by atoms with van der Waals surface area (Å²) in [6.45, 7) is 2.12. The molecule has 0 spiro atoms. The van der Waals surface area contributed by atoms with Crippen LogP contribution in [0.2, 0.25) is 0 Å². The van der Waals surface area contributed by atoms with Crippen molar-refractivity contribution in [1.82, 2.24) is 14.9 Å². The Morgan fingerprint density at radius 3 is 2.78 bits per heavy atom. The number of fused-ring (bicyclic) bond motifs is 2. The Balaban J connectivity index is 1.71. The molecular formula is C22H21N3OS. The van der Waals surface area contributed by atoms with Gasteiger partial charge in [0.25, 0.3) is 0 Å². The molecule has 4 rings (SSSR count). The molecular weight excluding hydrogens is 354 g/mol. The standard InChI is InChI=1S/C22H21N3OS/c1-14-11-20(16-5-4-6-19-22(16)27-13-23-19)24-18-9-7-15(12-17(14)18)8-10-21(26)25(2)3/h4-7,9,11-13H,8,10H2,1-3H3. The minimum atomic E-state index is 0.151. The molecule has 0 aliphatic heterocycles. The van der Waals surface area contributed by atoms with Crippen LogP contribution in [0.4, 0.5) is 0 Å². The van der Waals surface area contributed by atoms with E-state index >= 15 is 0 Å². The van der Waals surface area contributed by atoms with Crippen LogP contribution in [-0.4, -0.2) is 34.9 Å². The van der Waals surface area contributed by atoms with Crippen LogP contribution in [0, 0.1) is 6.92 Å². The van der Waals surface area contributed by atoms with Crippen molar-refractivity contribution >= 4 is 38.4 Å². The van der Waals surface area contributed by atoms with Gasteiger partial charge in [-0.15, -0.1) is 11.3 Å². The first-order valence-corrected chi connectivity index (χ1v) is 9.84. The van der Waals surface area contributed by atoms with Gasteiger partial charge in [-0.05, 0) is 48.7 Å². The number of amides is 1. The number of carbonyl (C=O) groups is 1. The molecule has 1 amide bonds. The van der Waals surface area contributed by atoms with E-state index in [9.17, 15) is 4.79 Å². The van der Waals surface area contributed by atoms with Gasteiger partial charge in [-0.25, -0.2) is 9.97 Å². The molecule has 0 bridgehead atoms. The molecule has 27 heavy (non-hydrogen) atoms. The number of rotatable bonds is 4. The number of carbonyl (C=O) groups excluding carboxylic acids is 1. The van der Waals surface area contributed by atoms with Crippen LogP contribution < -0.4 is 0 Å². The molecule has 0 aliphatic carbocycles. The fourth-order valence-corrected chi connectivity index (χ4v) is 4.11. The Labute approximate surface area is 162 Å². The van der Waals surface area contributed by atoms with E-state index in [1.54, 1.807) is 30.3 Å². The predicted molar refractivity (Wildman–Crippen MR) is 112 cm³/mol. The molecule has 0 saturated heterocycles. The third-order valence-corrected chi connectivity index (χ3v) is 5.71. The molecule has 0 unspecified atom stereocenters. The molecule has 4 nitrogen and oxygen atoms in total. The second kappa shape index (κ2) is 7.08. The van der Waals surface area contributed by atoms with Gasteiger partial charge >= 0.3 is 0 Å². The van der Waals surface area contributed by atoms with Gasteiger partial charge < -0.3 is 4.90 Å². The minimum Gasteiger partial charge on any atom is -0.349 e. The molecule has 0 aliphatic rings. The largest absolute Gasteiger partial charge is 0.349 e. The highest BCUT2D eigenvalue weighted by Gasteiger charge is 2.11. The van der Waals surface area contributed by atoms with Gasteiger partial charge in [-0.1, -0.05) is 18.2 Å². The zero-order valence-electron chi connectivity index (χ0n) is 15.7. The van der Waals surface area contributed by atoms with Gasteiger partial charge in [0, 0.05) is 31.5 Å². The van der Waals surface area contributed by atoms with Crippen LogP contribution >= 0.6 is 11.3 Å². The summed E-state index contributed by atoms with van der Waals surface area (Å²) in [4.78, 5) is 22.8. The Morgan fingerprint density at radius 2 is 1.96 bits per heavy atom. The summed E-state index contributed by atoms with van der Waals surface area (Å²) in [5.41, 5.74) is 8.33. The Hall–Kier alpha value is -2.79. The number of benzene rings is 2. The van der Waals surface area contributed by atoms with Crippen molar-refractivity contribution in [3.05, 3.63) is 59.1 Å². The molecule has 5 heteroatoms. The van der Waals surface area contributed by atoms with Crippen LogP contribution in [0.25, 0.3) is 32.4 Å². The summed E-state index contributed by atoms with van der Waals surface area (Å²) < 4.78 is 1.17. The van der Waals surface area contributed by atoms with Crippen molar-refractivity contribution in [2.75, 3.05) is 14.1 Å². The van der Waals surface area contributed by atoms with Crippen LogP contribution in [0.5, 0.6) is 0 Å². The second-order valence-corrected chi connectivity index (χ2v) is 7.83.